The molecule has 0 saturated heterocycles. The zero-order chi connectivity index (χ0) is 15.1. The van der Waals surface area contributed by atoms with Gasteiger partial charge in [0.1, 0.15) is 0 Å². The highest BCUT2D eigenvalue weighted by Crippen LogP contribution is 2.39. The number of fused-ring (bicyclic) bond motifs is 7. The molecule has 2 aromatic heterocycles. The van der Waals surface area contributed by atoms with Crippen molar-refractivity contribution in [1.82, 2.24) is 4.98 Å². The smallest absolute Gasteiger partial charge is 0.0646 e. The molecule has 22 heavy (non-hydrogen) atoms. The van der Waals surface area contributed by atoms with Crippen LogP contribution in [0.3, 0.4) is 0 Å². The van der Waals surface area contributed by atoms with Crippen LogP contribution in [0.2, 0.25) is 0 Å². The fourth-order valence-electron chi connectivity index (χ4n) is 3.10. The van der Waals surface area contributed by atoms with Gasteiger partial charge in [0, 0.05) is 31.8 Å². The maximum Gasteiger partial charge on any atom is 0.0646 e. The Morgan fingerprint density at radius 1 is 0.682 bits per heavy atom. The van der Waals surface area contributed by atoms with Crippen molar-refractivity contribution in [3.8, 4) is 0 Å². The Balaban J connectivity index is 0.000000602. The number of para-hydroxylation sites is 1. The van der Waals surface area contributed by atoms with E-state index >= 15 is 0 Å². The Morgan fingerprint density at radius 2 is 1.36 bits per heavy atom. The molecule has 5 aromatic rings. The van der Waals surface area contributed by atoms with Gasteiger partial charge in [0.15, 0.2) is 0 Å². The predicted molar refractivity (Wildman–Crippen MR) is 100 cm³/mol. The van der Waals surface area contributed by atoms with Crippen molar-refractivity contribution in [3.63, 3.8) is 0 Å². The molecule has 0 bridgehead atoms. The molecule has 0 spiro atoms. The third-order valence-corrected chi connectivity index (χ3v) is 5.23. The van der Waals surface area contributed by atoms with Crippen LogP contribution in [0.1, 0.15) is 13.8 Å². The maximum atomic E-state index is 3.59. The molecule has 0 aliphatic rings. The van der Waals surface area contributed by atoms with Gasteiger partial charge in [-0.2, -0.15) is 0 Å². The van der Waals surface area contributed by atoms with Gasteiger partial charge < -0.3 is 4.98 Å². The second-order valence-corrected chi connectivity index (χ2v) is 6.19. The van der Waals surface area contributed by atoms with Crippen molar-refractivity contribution in [2.45, 2.75) is 13.8 Å². The summed E-state index contributed by atoms with van der Waals surface area (Å²) in [5.41, 5.74) is 2.48. The fourth-order valence-corrected chi connectivity index (χ4v) is 4.30. The maximum absolute atomic E-state index is 3.59. The summed E-state index contributed by atoms with van der Waals surface area (Å²) in [6.07, 6.45) is 0. The molecule has 2 heterocycles. The van der Waals surface area contributed by atoms with E-state index in [9.17, 15) is 0 Å². The lowest BCUT2D eigenvalue weighted by Crippen LogP contribution is -1.69. The van der Waals surface area contributed by atoms with Gasteiger partial charge >= 0.3 is 0 Å². The number of hydrogen-bond acceptors (Lipinski definition) is 1. The van der Waals surface area contributed by atoms with Crippen LogP contribution in [0.5, 0.6) is 0 Å². The third kappa shape index (κ3) is 1.77. The molecule has 1 nitrogen and oxygen atoms in total. The number of nitrogens with one attached hydrogen (secondary N) is 1. The Kier molecular flexibility index (Phi) is 3.12. The highest BCUT2D eigenvalue weighted by molar-refractivity contribution is 7.26. The standard InChI is InChI=1S/C18H11NS.C2H6/c1-3-7-15-11(5-1)13-9-10-14-12-6-2-4-8-16(12)20-18(14)17(13)19-15;1-2/h1-10,19H;1-2H3. The second-order valence-electron chi connectivity index (χ2n) is 5.13. The minimum atomic E-state index is 1.22. The summed E-state index contributed by atoms with van der Waals surface area (Å²) in [4.78, 5) is 3.59. The minimum Gasteiger partial charge on any atom is -0.353 e. The summed E-state index contributed by atoms with van der Waals surface area (Å²) in [7, 11) is 0. The van der Waals surface area contributed by atoms with E-state index in [4.69, 9.17) is 0 Å². The van der Waals surface area contributed by atoms with Gasteiger partial charge in [0.25, 0.3) is 0 Å². The number of aromatic amines is 1. The summed E-state index contributed by atoms with van der Waals surface area (Å²) in [6, 6.07) is 21.7. The minimum absolute atomic E-state index is 1.22. The topological polar surface area (TPSA) is 15.8 Å². The quantitative estimate of drug-likeness (QED) is 0.327. The van der Waals surface area contributed by atoms with Crippen LogP contribution in [-0.4, -0.2) is 4.98 Å². The molecule has 0 aliphatic heterocycles. The van der Waals surface area contributed by atoms with Gasteiger partial charge in [-0.1, -0.05) is 62.4 Å². The lowest BCUT2D eigenvalue weighted by atomic mass is 10.1. The average molecular weight is 303 g/mol. The first-order valence-electron chi connectivity index (χ1n) is 7.72. The highest BCUT2D eigenvalue weighted by Gasteiger charge is 2.11. The predicted octanol–water partition coefficient (Wildman–Crippen LogP) is 6.72. The summed E-state index contributed by atoms with van der Waals surface area (Å²) in [5, 5.41) is 5.33. The molecule has 0 fully saturated rings. The van der Waals surface area contributed by atoms with Crippen molar-refractivity contribution in [1.29, 1.82) is 0 Å². The van der Waals surface area contributed by atoms with E-state index in [0.29, 0.717) is 0 Å². The number of H-pyrrole nitrogens is 1. The summed E-state index contributed by atoms with van der Waals surface area (Å²) in [5.74, 6) is 0. The molecule has 0 amide bonds. The first-order valence-corrected chi connectivity index (χ1v) is 8.54. The SMILES string of the molecule is CC.c1ccc2c(c1)[nH]c1c2ccc2c3ccccc3sc21. The molecule has 1 N–H and O–H groups in total. The molecular formula is C20H17NS. The van der Waals surface area contributed by atoms with Crippen LogP contribution in [0.25, 0.3) is 42.0 Å². The Morgan fingerprint density at radius 3 is 2.23 bits per heavy atom. The van der Waals surface area contributed by atoms with Gasteiger partial charge in [-0.05, 0) is 12.1 Å². The molecular weight excluding hydrogens is 286 g/mol. The van der Waals surface area contributed by atoms with Crippen LogP contribution in [0.15, 0.2) is 60.7 Å². The number of thiophene rings is 1. The monoisotopic (exact) mass is 303 g/mol. The van der Waals surface area contributed by atoms with E-state index < -0.39 is 0 Å². The molecule has 3 aromatic carbocycles. The first kappa shape index (κ1) is 13.4. The zero-order valence-corrected chi connectivity index (χ0v) is 13.5. The molecule has 0 radical (unpaired) electrons. The van der Waals surface area contributed by atoms with Crippen LogP contribution in [-0.2, 0) is 0 Å². The number of benzene rings is 3. The van der Waals surface area contributed by atoms with Crippen molar-refractivity contribution < 1.29 is 0 Å². The van der Waals surface area contributed by atoms with Crippen LogP contribution in [0.4, 0.5) is 0 Å². The Bertz CT molecular complexity index is 1010. The van der Waals surface area contributed by atoms with E-state index in [-0.39, 0.29) is 0 Å². The molecule has 0 saturated carbocycles. The Labute approximate surface area is 133 Å². The number of aromatic nitrogens is 1. The van der Waals surface area contributed by atoms with Gasteiger partial charge in [0.05, 0.1) is 10.2 Å². The van der Waals surface area contributed by atoms with Gasteiger partial charge in [-0.15, -0.1) is 11.3 Å². The summed E-state index contributed by atoms with van der Waals surface area (Å²) in [6.45, 7) is 4.00. The second kappa shape index (κ2) is 5.15. The number of hydrogen-bond donors (Lipinski definition) is 1. The molecule has 0 unspecified atom stereocenters. The molecule has 0 atom stereocenters. The van der Waals surface area contributed by atoms with Crippen molar-refractivity contribution >= 4 is 53.3 Å². The molecule has 5 rings (SSSR count). The van der Waals surface area contributed by atoms with Gasteiger partial charge in [-0.3, -0.25) is 0 Å². The highest BCUT2D eigenvalue weighted by atomic mass is 32.1. The van der Waals surface area contributed by atoms with E-state index in [1.54, 1.807) is 0 Å². The van der Waals surface area contributed by atoms with Crippen molar-refractivity contribution in [2.24, 2.45) is 0 Å². The number of rotatable bonds is 0. The summed E-state index contributed by atoms with van der Waals surface area (Å²) >= 11 is 1.88. The van der Waals surface area contributed by atoms with E-state index in [1.165, 1.54) is 42.0 Å². The average Bonchev–Trinajstić information content (AvgIpc) is 3.15. The third-order valence-electron chi connectivity index (χ3n) is 4.02. The largest absolute Gasteiger partial charge is 0.353 e. The first-order chi connectivity index (χ1) is 10.9. The Hall–Kier alpha value is -2.32. The molecule has 108 valence electrons. The van der Waals surface area contributed by atoms with Crippen LogP contribution < -0.4 is 0 Å². The van der Waals surface area contributed by atoms with E-state index in [1.807, 2.05) is 25.2 Å². The van der Waals surface area contributed by atoms with Gasteiger partial charge in [-0.25, -0.2) is 0 Å². The lowest BCUT2D eigenvalue weighted by Gasteiger charge is -1.93. The molecule has 0 aliphatic carbocycles. The van der Waals surface area contributed by atoms with E-state index in [2.05, 4.69) is 65.6 Å². The van der Waals surface area contributed by atoms with Crippen LogP contribution in [0, 0.1) is 0 Å². The lowest BCUT2D eigenvalue weighted by molar-refractivity contribution is 1.50. The normalized spacial score (nSPS) is 11.2. The molecule has 2 heteroatoms. The van der Waals surface area contributed by atoms with Crippen molar-refractivity contribution in [3.05, 3.63) is 60.7 Å². The van der Waals surface area contributed by atoms with Gasteiger partial charge in [0.2, 0.25) is 0 Å². The van der Waals surface area contributed by atoms with E-state index in [0.717, 1.165) is 0 Å². The fraction of sp³-hybridized carbons (Fsp3) is 0.100. The zero-order valence-electron chi connectivity index (χ0n) is 12.7. The summed E-state index contributed by atoms with van der Waals surface area (Å²) < 4.78 is 2.72. The van der Waals surface area contributed by atoms with Crippen molar-refractivity contribution in [2.75, 3.05) is 0 Å². The van der Waals surface area contributed by atoms with Crippen LogP contribution >= 0.6 is 11.3 Å².